The van der Waals surface area contributed by atoms with Gasteiger partial charge in [0.15, 0.2) is 0 Å². The molecule has 0 spiro atoms. The summed E-state index contributed by atoms with van der Waals surface area (Å²) in [7, 11) is 0. The monoisotopic (exact) mass is 646 g/mol. The van der Waals surface area contributed by atoms with E-state index >= 15 is 0 Å². The standard InChI is InChI=1S/C45H63N3/c1-4-19-40(20-5-1)25-10-13-31-46-34-16-28-43-37-44(29-17-35-47-32-14-11-26-41-21-6-2-7-22-41)39-45(38-43)30-18-36-48-33-15-12-27-42-23-8-3-9-24-42/h1-9,19-24,37-39,46-48H,10-18,25-36H2. The second-order valence-corrected chi connectivity index (χ2v) is 13.5. The molecule has 4 aromatic rings. The van der Waals surface area contributed by atoms with Crippen LogP contribution in [0.15, 0.2) is 109 Å². The molecule has 0 aliphatic heterocycles. The zero-order valence-electron chi connectivity index (χ0n) is 29.7. The molecular formula is C45H63N3. The first-order valence-electron chi connectivity index (χ1n) is 19.2. The highest BCUT2D eigenvalue weighted by Gasteiger charge is 2.04. The first-order chi connectivity index (χ1) is 23.8. The quantitative estimate of drug-likeness (QED) is 0.0566. The number of benzene rings is 4. The van der Waals surface area contributed by atoms with Crippen LogP contribution in [0.1, 0.15) is 91.2 Å². The first-order valence-corrected chi connectivity index (χ1v) is 19.2. The number of hydrogen-bond acceptors (Lipinski definition) is 3. The number of unbranched alkanes of at least 4 members (excludes halogenated alkanes) is 3. The highest BCUT2D eigenvalue weighted by molar-refractivity contribution is 5.31. The molecule has 0 heterocycles. The fourth-order valence-electron chi connectivity index (χ4n) is 6.57. The van der Waals surface area contributed by atoms with Crippen LogP contribution in [0.2, 0.25) is 0 Å². The molecule has 0 aliphatic carbocycles. The van der Waals surface area contributed by atoms with Crippen LogP contribution in [0.3, 0.4) is 0 Å². The largest absolute Gasteiger partial charge is 0.317 e. The van der Waals surface area contributed by atoms with Crippen LogP contribution >= 0.6 is 0 Å². The van der Waals surface area contributed by atoms with E-state index < -0.39 is 0 Å². The van der Waals surface area contributed by atoms with Gasteiger partial charge in [-0.25, -0.2) is 0 Å². The summed E-state index contributed by atoms with van der Waals surface area (Å²) in [6.07, 6.45) is 18.2. The molecule has 4 aromatic carbocycles. The lowest BCUT2D eigenvalue weighted by atomic mass is 9.97. The maximum Gasteiger partial charge on any atom is -0.00457 e. The molecule has 0 saturated heterocycles. The summed E-state index contributed by atoms with van der Waals surface area (Å²) in [6.45, 7) is 6.68. The van der Waals surface area contributed by atoms with Gasteiger partial charge in [0, 0.05) is 0 Å². The second-order valence-electron chi connectivity index (χ2n) is 13.5. The molecule has 0 unspecified atom stereocenters. The van der Waals surface area contributed by atoms with Crippen molar-refractivity contribution in [3.05, 3.63) is 143 Å². The van der Waals surface area contributed by atoms with Gasteiger partial charge in [-0.2, -0.15) is 0 Å². The first kappa shape index (κ1) is 37.6. The Balaban J connectivity index is 1.11. The summed E-state index contributed by atoms with van der Waals surface area (Å²) in [5, 5.41) is 11.1. The van der Waals surface area contributed by atoms with Gasteiger partial charge >= 0.3 is 0 Å². The molecular weight excluding hydrogens is 583 g/mol. The summed E-state index contributed by atoms with van der Waals surface area (Å²) in [4.78, 5) is 0. The van der Waals surface area contributed by atoms with Crippen molar-refractivity contribution in [2.45, 2.75) is 96.3 Å². The predicted octanol–water partition coefficient (Wildman–Crippen LogP) is 9.32. The van der Waals surface area contributed by atoms with Gasteiger partial charge in [0.1, 0.15) is 0 Å². The van der Waals surface area contributed by atoms with Gasteiger partial charge in [-0.05, 0) is 169 Å². The summed E-state index contributed by atoms with van der Waals surface area (Å²) in [5.74, 6) is 0. The minimum absolute atomic E-state index is 1.10. The van der Waals surface area contributed by atoms with Crippen LogP contribution in [-0.2, 0) is 38.5 Å². The molecule has 48 heavy (non-hydrogen) atoms. The van der Waals surface area contributed by atoms with E-state index in [4.69, 9.17) is 0 Å². The zero-order valence-corrected chi connectivity index (χ0v) is 29.7. The van der Waals surface area contributed by atoms with E-state index in [1.54, 1.807) is 0 Å². The summed E-state index contributed by atoms with van der Waals surface area (Å²) in [5.41, 5.74) is 8.94. The van der Waals surface area contributed by atoms with Gasteiger partial charge in [0.25, 0.3) is 0 Å². The van der Waals surface area contributed by atoms with Gasteiger partial charge < -0.3 is 16.0 Å². The molecule has 3 nitrogen and oxygen atoms in total. The lowest BCUT2D eigenvalue weighted by Gasteiger charge is -2.12. The van der Waals surface area contributed by atoms with Crippen molar-refractivity contribution in [2.75, 3.05) is 39.3 Å². The van der Waals surface area contributed by atoms with Crippen LogP contribution in [0, 0.1) is 0 Å². The van der Waals surface area contributed by atoms with Gasteiger partial charge in [-0.15, -0.1) is 0 Å². The highest BCUT2D eigenvalue weighted by Crippen LogP contribution is 2.16. The fraction of sp³-hybridized carbons (Fsp3) is 0.467. The Bertz CT molecular complexity index is 1140. The normalized spacial score (nSPS) is 11.2. The van der Waals surface area contributed by atoms with Crippen molar-refractivity contribution >= 4 is 0 Å². The Labute approximate surface area is 293 Å². The van der Waals surface area contributed by atoms with E-state index in [9.17, 15) is 0 Å². The van der Waals surface area contributed by atoms with Gasteiger partial charge in [0.05, 0.1) is 0 Å². The maximum absolute atomic E-state index is 3.70. The minimum Gasteiger partial charge on any atom is -0.317 e. The molecule has 0 saturated carbocycles. The maximum atomic E-state index is 3.70. The molecule has 0 fully saturated rings. The summed E-state index contributed by atoms with van der Waals surface area (Å²) >= 11 is 0. The third kappa shape index (κ3) is 17.2. The molecule has 4 rings (SSSR count). The molecule has 3 heteroatoms. The van der Waals surface area contributed by atoms with E-state index in [-0.39, 0.29) is 0 Å². The lowest BCUT2D eigenvalue weighted by molar-refractivity contribution is 0.599. The number of nitrogens with one attached hydrogen (secondary N) is 3. The molecule has 0 amide bonds. The molecule has 0 bridgehead atoms. The third-order valence-corrected chi connectivity index (χ3v) is 9.30. The van der Waals surface area contributed by atoms with E-state index in [1.165, 1.54) is 110 Å². The average Bonchev–Trinajstić information content (AvgIpc) is 3.13. The van der Waals surface area contributed by atoms with Crippen molar-refractivity contribution in [1.82, 2.24) is 16.0 Å². The van der Waals surface area contributed by atoms with Gasteiger partial charge in [-0.3, -0.25) is 0 Å². The van der Waals surface area contributed by atoms with E-state index in [0.29, 0.717) is 0 Å². The van der Waals surface area contributed by atoms with E-state index in [2.05, 4.69) is 125 Å². The Morgan fingerprint density at radius 3 is 0.792 bits per heavy atom. The molecule has 3 N–H and O–H groups in total. The van der Waals surface area contributed by atoms with Crippen molar-refractivity contribution in [3.8, 4) is 0 Å². The number of rotatable bonds is 27. The van der Waals surface area contributed by atoms with E-state index in [0.717, 1.165) is 58.5 Å². The third-order valence-electron chi connectivity index (χ3n) is 9.30. The zero-order chi connectivity index (χ0) is 33.2. The van der Waals surface area contributed by atoms with Gasteiger partial charge in [-0.1, -0.05) is 109 Å². The van der Waals surface area contributed by atoms with Crippen molar-refractivity contribution in [2.24, 2.45) is 0 Å². The molecule has 0 radical (unpaired) electrons. The molecule has 0 atom stereocenters. The predicted molar refractivity (Wildman–Crippen MR) is 208 cm³/mol. The van der Waals surface area contributed by atoms with Crippen LogP contribution in [0.25, 0.3) is 0 Å². The Morgan fingerprint density at radius 1 is 0.250 bits per heavy atom. The lowest BCUT2D eigenvalue weighted by Crippen LogP contribution is -2.18. The van der Waals surface area contributed by atoms with Crippen molar-refractivity contribution in [1.29, 1.82) is 0 Å². The highest BCUT2D eigenvalue weighted by atomic mass is 14.8. The van der Waals surface area contributed by atoms with Crippen molar-refractivity contribution < 1.29 is 0 Å². The van der Waals surface area contributed by atoms with Crippen LogP contribution in [-0.4, -0.2) is 39.3 Å². The van der Waals surface area contributed by atoms with Crippen LogP contribution in [0.5, 0.6) is 0 Å². The summed E-state index contributed by atoms with van der Waals surface area (Å²) < 4.78 is 0. The molecule has 0 aromatic heterocycles. The smallest absolute Gasteiger partial charge is 0.00457 e. The van der Waals surface area contributed by atoms with Crippen LogP contribution in [0.4, 0.5) is 0 Å². The SMILES string of the molecule is c1ccc(CCCCNCCCc2cc(CCCNCCCCc3ccccc3)cc(CCCNCCCCc3ccccc3)c2)cc1. The molecule has 0 aliphatic rings. The van der Waals surface area contributed by atoms with E-state index in [1.807, 2.05) is 0 Å². The van der Waals surface area contributed by atoms with Gasteiger partial charge in [0.2, 0.25) is 0 Å². The van der Waals surface area contributed by atoms with Crippen molar-refractivity contribution in [3.63, 3.8) is 0 Å². The number of aryl methyl sites for hydroxylation is 6. The molecule has 258 valence electrons. The van der Waals surface area contributed by atoms with Crippen LogP contribution < -0.4 is 16.0 Å². The Morgan fingerprint density at radius 2 is 0.500 bits per heavy atom. The minimum atomic E-state index is 1.10. The summed E-state index contributed by atoms with van der Waals surface area (Å²) in [6, 6.07) is 40.1. The fourth-order valence-corrected chi connectivity index (χ4v) is 6.57. The topological polar surface area (TPSA) is 36.1 Å². The second kappa shape index (κ2) is 24.8. The average molecular weight is 646 g/mol. The Kier molecular flexibility index (Phi) is 19.4. The number of hydrogen-bond donors (Lipinski definition) is 3. The Hall–Kier alpha value is -3.24.